The molecule has 2 aliphatic rings. The lowest BCUT2D eigenvalue weighted by atomic mass is 9.83. The van der Waals surface area contributed by atoms with Crippen LogP contribution in [-0.4, -0.2) is 51.7 Å². The van der Waals surface area contributed by atoms with Gasteiger partial charge in [-0.1, -0.05) is 59.5 Å². The third kappa shape index (κ3) is 4.21. The highest BCUT2D eigenvalue weighted by atomic mass is 32.2. The molecule has 0 spiro atoms. The van der Waals surface area contributed by atoms with E-state index in [0.29, 0.717) is 33.6 Å². The summed E-state index contributed by atoms with van der Waals surface area (Å²) in [7, 11) is 1.51. The number of carbonyl (C=O) groups is 3. The molecule has 0 bridgehead atoms. The van der Waals surface area contributed by atoms with Crippen LogP contribution in [-0.2, 0) is 21.0 Å². The summed E-state index contributed by atoms with van der Waals surface area (Å²) in [5.41, 5.74) is 1.65. The number of nitrogens with zero attached hydrogens (tertiary/aromatic N) is 1. The smallest absolute Gasteiger partial charge is 0.323 e. The van der Waals surface area contributed by atoms with Crippen molar-refractivity contribution >= 4 is 40.9 Å². The summed E-state index contributed by atoms with van der Waals surface area (Å²) in [4.78, 5) is 53.6. The summed E-state index contributed by atoms with van der Waals surface area (Å²) in [5, 5.41) is 8.89. The van der Waals surface area contributed by atoms with Gasteiger partial charge in [0.05, 0.1) is 18.1 Å². The van der Waals surface area contributed by atoms with Gasteiger partial charge in [-0.3, -0.25) is 24.1 Å². The van der Waals surface area contributed by atoms with E-state index in [1.807, 2.05) is 30.3 Å². The average Bonchev–Trinajstić information content (AvgIpc) is 3.33. The number of carboxylic acid groups (broad SMARTS) is 1. The Balaban J connectivity index is 1.52. The summed E-state index contributed by atoms with van der Waals surface area (Å²) >= 11 is 2.09. The van der Waals surface area contributed by atoms with Crippen LogP contribution in [0.1, 0.15) is 21.9 Å². The standard InChI is InChI=1S/C24H20N2O7S2/c1-32-15-9-13(7-8-14(15)33-11-12-5-3-2-4-6-12)17-18-20(34-21-19(17)35-24(31)25-21)23(30)26(22(18)29)10-16(27)28/h2-9,17-18,20H,10-11H2,1H3,(H,25,31)(H,27,28)/t17-,18+,20-/m0/s1. The second kappa shape index (κ2) is 9.23. The molecule has 2 N–H and O–H groups in total. The van der Waals surface area contributed by atoms with Gasteiger partial charge in [-0.2, -0.15) is 0 Å². The fraction of sp³-hybridized carbons (Fsp3) is 0.250. The van der Waals surface area contributed by atoms with E-state index in [-0.39, 0.29) is 4.87 Å². The Morgan fingerprint density at radius 2 is 1.86 bits per heavy atom. The van der Waals surface area contributed by atoms with Gasteiger partial charge in [0.25, 0.3) is 0 Å². The summed E-state index contributed by atoms with van der Waals surface area (Å²) in [6.07, 6.45) is 0. The van der Waals surface area contributed by atoms with Gasteiger partial charge in [0.1, 0.15) is 18.4 Å². The predicted molar refractivity (Wildman–Crippen MR) is 128 cm³/mol. The SMILES string of the molecule is COc1cc([C@@H]2c3sc(=O)[nH]c3S[C@@H]3C(=O)N(CC(=O)O)C(=O)[C@H]23)ccc1OCc1ccccc1. The minimum absolute atomic E-state index is 0.287. The summed E-state index contributed by atoms with van der Waals surface area (Å²) < 4.78 is 11.5. The number of rotatable bonds is 7. The summed E-state index contributed by atoms with van der Waals surface area (Å²) in [6.45, 7) is -0.361. The third-order valence-electron chi connectivity index (χ3n) is 5.99. The predicted octanol–water partition coefficient (Wildman–Crippen LogP) is 2.70. The fourth-order valence-electron chi connectivity index (χ4n) is 4.46. The highest BCUT2D eigenvalue weighted by Gasteiger charge is 2.56. The topological polar surface area (TPSA) is 126 Å². The normalized spacial score (nSPS) is 20.9. The largest absolute Gasteiger partial charge is 0.493 e. The molecule has 35 heavy (non-hydrogen) atoms. The number of imide groups is 1. The number of fused-ring (bicyclic) bond motifs is 2. The molecule has 0 unspecified atom stereocenters. The maximum absolute atomic E-state index is 13.3. The van der Waals surface area contributed by atoms with Crippen LogP contribution in [0.4, 0.5) is 0 Å². The van der Waals surface area contributed by atoms with Crippen molar-refractivity contribution in [1.29, 1.82) is 0 Å². The molecule has 2 aliphatic heterocycles. The molecule has 180 valence electrons. The van der Waals surface area contributed by atoms with Crippen LogP contribution < -0.4 is 14.3 Å². The van der Waals surface area contributed by atoms with Gasteiger partial charge in [0.15, 0.2) is 11.5 Å². The molecule has 0 aliphatic carbocycles. The van der Waals surface area contributed by atoms with Crippen molar-refractivity contribution in [3.05, 3.63) is 74.2 Å². The number of benzene rings is 2. The first-order valence-electron chi connectivity index (χ1n) is 10.7. The quantitative estimate of drug-likeness (QED) is 0.463. The molecule has 2 amide bonds. The van der Waals surface area contributed by atoms with Crippen LogP contribution >= 0.6 is 23.1 Å². The van der Waals surface area contributed by atoms with Crippen LogP contribution in [0.25, 0.3) is 0 Å². The third-order valence-corrected chi connectivity index (χ3v) is 8.39. The number of amides is 2. The Bertz CT molecular complexity index is 1370. The molecular formula is C24H20N2O7S2. The van der Waals surface area contributed by atoms with Crippen molar-refractivity contribution in [3.63, 3.8) is 0 Å². The van der Waals surface area contributed by atoms with Crippen molar-refractivity contribution < 1.29 is 29.0 Å². The molecule has 1 fully saturated rings. The fourth-order valence-corrected chi connectivity index (χ4v) is 6.99. The maximum atomic E-state index is 13.3. The number of thioether (sulfide) groups is 1. The number of aromatic nitrogens is 1. The van der Waals surface area contributed by atoms with Crippen LogP contribution in [0.3, 0.4) is 0 Å². The highest BCUT2D eigenvalue weighted by Crippen LogP contribution is 2.53. The average molecular weight is 513 g/mol. The highest BCUT2D eigenvalue weighted by molar-refractivity contribution is 8.00. The number of carboxylic acids is 1. The number of hydrogen-bond acceptors (Lipinski definition) is 8. The first-order chi connectivity index (χ1) is 16.9. The van der Waals surface area contributed by atoms with Crippen LogP contribution in [0.2, 0.25) is 0 Å². The van der Waals surface area contributed by atoms with E-state index in [0.717, 1.165) is 33.6 Å². The summed E-state index contributed by atoms with van der Waals surface area (Å²) in [5.74, 6) is -2.90. The summed E-state index contributed by atoms with van der Waals surface area (Å²) in [6, 6.07) is 14.9. The molecule has 0 saturated carbocycles. The monoisotopic (exact) mass is 512 g/mol. The first-order valence-corrected chi connectivity index (χ1v) is 12.4. The number of H-pyrrole nitrogens is 1. The molecule has 0 radical (unpaired) electrons. The van der Waals surface area contributed by atoms with Crippen molar-refractivity contribution in [3.8, 4) is 11.5 Å². The molecule has 3 aromatic rings. The van der Waals surface area contributed by atoms with Crippen LogP contribution in [0, 0.1) is 5.92 Å². The number of aromatic amines is 1. The zero-order valence-electron chi connectivity index (χ0n) is 18.4. The number of thiazole rings is 1. The molecule has 3 heterocycles. The number of hydrogen-bond donors (Lipinski definition) is 2. The Morgan fingerprint density at radius 1 is 1.09 bits per heavy atom. The number of methoxy groups -OCH3 is 1. The number of nitrogens with one attached hydrogen (secondary N) is 1. The van der Waals surface area contributed by atoms with Crippen molar-refractivity contribution in [2.24, 2.45) is 5.92 Å². The van der Waals surface area contributed by atoms with E-state index in [1.165, 1.54) is 7.11 Å². The lowest BCUT2D eigenvalue weighted by Crippen LogP contribution is -2.36. The second-order valence-electron chi connectivity index (χ2n) is 8.09. The Morgan fingerprint density at radius 3 is 2.57 bits per heavy atom. The van der Waals surface area contributed by atoms with Gasteiger partial charge >= 0.3 is 10.8 Å². The molecule has 11 heteroatoms. The molecular weight excluding hydrogens is 492 g/mol. The van der Waals surface area contributed by atoms with Crippen molar-refractivity contribution in [2.75, 3.05) is 13.7 Å². The minimum Gasteiger partial charge on any atom is -0.493 e. The van der Waals surface area contributed by atoms with Gasteiger partial charge < -0.3 is 19.6 Å². The molecule has 3 atom stereocenters. The molecule has 9 nitrogen and oxygen atoms in total. The van der Waals surface area contributed by atoms with Crippen molar-refractivity contribution in [1.82, 2.24) is 9.88 Å². The van der Waals surface area contributed by atoms with E-state index in [4.69, 9.17) is 9.47 Å². The molecule has 1 saturated heterocycles. The Hall–Kier alpha value is -3.57. The second-order valence-corrected chi connectivity index (χ2v) is 10.3. The van der Waals surface area contributed by atoms with Gasteiger partial charge in [0, 0.05) is 10.8 Å². The number of ether oxygens (including phenoxy) is 2. The number of aliphatic carboxylic acids is 1. The first kappa shape index (κ1) is 23.2. The molecule has 5 rings (SSSR count). The van der Waals surface area contributed by atoms with Gasteiger partial charge in [-0.15, -0.1) is 0 Å². The lowest BCUT2D eigenvalue weighted by molar-refractivity contribution is -0.149. The Kier molecular flexibility index (Phi) is 6.12. The molecule has 1 aromatic heterocycles. The van der Waals surface area contributed by atoms with Crippen LogP contribution in [0.15, 0.2) is 58.4 Å². The number of likely N-dealkylation sites (tertiary alicyclic amines) is 1. The van der Waals surface area contributed by atoms with E-state index in [2.05, 4.69) is 4.98 Å². The Labute approximate surface area is 207 Å². The van der Waals surface area contributed by atoms with E-state index in [1.54, 1.807) is 18.2 Å². The van der Waals surface area contributed by atoms with Gasteiger partial charge in [-0.05, 0) is 23.3 Å². The zero-order chi connectivity index (χ0) is 24.7. The van der Waals surface area contributed by atoms with Crippen molar-refractivity contribution in [2.45, 2.75) is 22.8 Å². The molecule has 2 aromatic carbocycles. The van der Waals surface area contributed by atoms with E-state index < -0.39 is 41.4 Å². The minimum atomic E-state index is -1.27. The zero-order valence-corrected chi connectivity index (χ0v) is 20.1. The van der Waals surface area contributed by atoms with Gasteiger partial charge in [-0.25, -0.2) is 0 Å². The van der Waals surface area contributed by atoms with E-state index >= 15 is 0 Å². The number of carbonyl (C=O) groups excluding carboxylic acids is 2. The van der Waals surface area contributed by atoms with Gasteiger partial charge in [0.2, 0.25) is 11.8 Å². The van der Waals surface area contributed by atoms with Crippen LogP contribution in [0.5, 0.6) is 11.5 Å². The maximum Gasteiger partial charge on any atom is 0.323 e. The van der Waals surface area contributed by atoms with E-state index in [9.17, 15) is 24.3 Å². The lowest BCUT2D eigenvalue weighted by Gasteiger charge is -2.30.